The summed E-state index contributed by atoms with van der Waals surface area (Å²) in [6.45, 7) is 7.35. The Hall–Kier alpha value is -1.69. The van der Waals surface area contributed by atoms with Gasteiger partial charge in [-0.2, -0.15) is 4.98 Å². The Balaban J connectivity index is 2.05. The van der Waals surface area contributed by atoms with Crippen LogP contribution in [-0.2, 0) is 11.2 Å². The third-order valence-electron chi connectivity index (χ3n) is 4.34. The van der Waals surface area contributed by atoms with E-state index in [4.69, 9.17) is 0 Å². The number of nitrogens with zero attached hydrogens (tertiary/aromatic N) is 1. The van der Waals surface area contributed by atoms with E-state index in [-0.39, 0.29) is 29.9 Å². The number of carbonyl (C=O) groups is 1. The molecule has 1 aliphatic carbocycles. The third-order valence-corrected chi connectivity index (χ3v) is 4.34. The number of hydrogen-bond acceptors (Lipinski definition) is 4. The molecular formula is C14H21N3O3. The van der Waals surface area contributed by atoms with E-state index in [1.807, 2.05) is 13.8 Å². The second-order valence-electron chi connectivity index (χ2n) is 6.10. The molecule has 2 unspecified atom stereocenters. The van der Waals surface area contributed by atoms with E-state index in [0.29, 0.717) is 17.8 Å². The average molecular weight is 279 g/mol. The van der Waals surface area contributed by atoms with E-state index in [9.17, 15) is 14.7 Å². The lowest BCUT2D eigenvalue weighted by Crippen LogP contribution is -2.61. The van der Waals surface area contributed by atoms with Crippen molar-refractivity contribution < 1.29 is 9.90 Å². The predicted molar refractivity (Wildman–Crippen MR) is 74.4 cm³/mol. The van der Waals surface area contributed by atoms with Crippen LogP contribution in [0.25, 0.3) is 0 Å². The maximum atomic E-state index is 12.1. The van der Waals surface area contributed by atoms with Gasteiger partial charge in [-0.05, 0) is 20.3 Å². The van der Waals surface area contributed by atoms with Gasteiger partial charge in [-0.15, -0.1) is 0 Å². The fourth-order valence-corrected chi connectivity index (χ4v) is 2.57. The topological polar surface area (TPSA) is 95.1 Å². The zero-order chi connectivity index (χ0) is 15.1. The van der Waals surface area contributed by atoms with Gasteiger partial charge in [0.1, 0.15) is 0 Å². The van der Waals surface area contributed by atoms with Crippen molar-refractivity contribution in [3.63, 3.8) is 0 Å². The van der Waals surface area contributed by atoms with Crippen LogP contribution in [0.4, 0.5) is 0 Å². The molecule has 1 aromatic rings. The molecule has 1 fully saturated rings. The zero-order valence-corrected chi connectivity index (χ0v) is 12.3. The van der Waals surface area contributed by atoms with Gasteiger partial charge in [0.25, 0.3) is 0 Å². The van der Waals surface area contributed by atoms with Crippen LogP contribution in [0.15, 0.2) is 4.79 Å². The molecule has 1 heterocycles. The summed E-state index contributed by atoms with van der Waals surface area (Å²) < 4.78 is 0. The van der Waals surface area contributed by atoms with E-state index >= 15 is 0 Å². The molecule has 6 heteroatoms. The quantitative estimate of drug-likeness (QED) is 0.737. The number of H-pyrrole nitrogens is 1. The van der Waals surface area contributed by atoms with Gasteiger partial charge in [0, 0.05) is 28.4 Å². The lowest BCUT2D eigenvalue weighted by atomic mass is 9.64. The summed E-state index contributed by atoms with van der Waals surface area (Å²) in [7, 11) is 0. The average Bonchev–Trinajstić information content (AvgIpc) is 2.33. The number of aryl methyl sites for hydroxylation is 2. The van der Waals surface area contributed by atoms with E-state index < -0.39 is 5.69 Å². The van der Waals surface area contributed by atoms with Gasteiger partial charge in [-0.1, -0.05) is 13.8 Å². The lowest BCUT2D eigenvalue weighted by Gasteiger charge is -2.49. The highest BCUT2D eigenvalue weighted by molar-refractivity contribution is 5.79. The van der Waals surface area contributed by atoms with Crippen LogP contribution in [-0.4, -0.2) is 33.1 Å². The first kappa shape index (κ1) is 14.7. The van der Waals surface area contributed by atoms with Crippen molar-refractivity contribution in [1.82, 2.24) is 15.3 Å². The molecule has 110 valence electrons. The minimum Gasteiger partial charge on any atom is -0.392 e. The normalized spacial score (nSPS) is 24.1. The largest absolute Gasteiger partial charge is 0.392 e. The van der Waals surface area contributed by atoms with Crippen LogP contribution in [0.5, 0.6) is 0 Å². The summed E-state index contributed by atoms with van der Waals surface area (Å²) in [5, 5.41) is 12.6. The summed E-state index contributed by atoms with van der Waals surface area (Å²) in [5.74, 6) is -0.116. The fourth-order valence-electron chi connectivity index (χ4n) is 2.57. The summed E-state index contributed by atoms with van der Waals surface area (Å²) in [6.07, 6.45) is 0.399. The Kier molecular flexibility index (Phi) is 3.69. The van der Waals surface area contributed by atoms with E-state index in [1.165, 1.54) is 0 Å². The van der Waals surface area contributed by atoms with Crippen molar-refractivity contribution in [1.29, 1.82) is 0 Å². The van der Waals surface area contributed by atoms with Gasteiger partial charge >= 0.3 is 5.69 Å². The number of nitrogens with one attached hydrogen (secondary N) is 2. The minimum absolute atomic E-state index is 0.0127. The molecule has 2 atom stereocenters. The van der Waals surface area contributed by atoms with Crippen molar-refractivity contribution in [3.05, 3.63) is 27.4 Å². The molecule has 3 N–H and O–H groups in total. The van der Waals surface area contributed by atoms with Crippen LogP contribution < -0.4 is 11.0 Å². The molecule has 1 saturated carbocycles. The summed E-state index contributed by atoms with van der Waals surface area (Å²) in [4.78, 5) is 29.7. The number of aliphatic hydroxyl groups excluding tert-OH is 1. The van der Waals surface area contributed by atoms with E-state index in [2.05, 4.69) is 15.3 Å². The van der Waals surface area contributed by atoms with Crippen LogP contribution in [0.2, 0.25) is 0 Å². The Labute approximate surface area is 117 Å². The maximum Gasteiger partial charge on any atom is 0.345 e. The van der Waals surface area contributed by atoms with Gasteiger partial charge in [-0.25, -0.2) is 4.79 Å². The van der Waals surface area contributed by atoms with Crippen molar-refractivity contribution in [2.24, 2.45) is 5.41 Å². The Morgan fingerprint density at radius 3 is 2.65 bits per heavy atom. The fraction of sp³-hybridized carbons (Fsp3) is 0.643. The number of aromatic amines is 1. The Morgan fingerprint density at radius 2 is 2.15 bits per heavy atom. The van der Waals surface area contributed by atoms with Gasteiger partial charge in [0.15, 0.2) is 0 Å². The smallest absolute Gasteiger partial charge is 0.345 e. The molecule has 0 spiro atoms. The third kappa shape index (κ3) is 2.60. The molecule has 0 bridgehead atoms. The molecule has 1 aliphatic rings. The highest BCUT2D eigenvalue weighted by Gasteiger charge is 2.47. The number of hydrogen-bond donors (Lipinski definition) is 3. The summed E-state index contributed by atoms with van der Waals surface area (Å²) in [5.41, 5.74) is 1.32. The SMILES string of the molecule is Cc1nc(=O)[nH]c(C)c1CC(=O)NC1CC(O)C1(C)C. The second-order valence-corrected chi connectivity index (χ2v) is 6.10. The van der Waals surface area contributed by atoms with Crippen molar-refractivity contribution >= 4 is 5.91 Å². The van der Waals surface area contributed by atoms with Gasteiger partial charge in [-0.3, -0.25) is 4.79 Å². The highest BCUT2D eigenvalue weighted by atomic mass is 16.3. The highest BCUT2D eigenvalue weighted by Crippen LogP contribution is 2.40. The van der Waals surface area contributed by atoms with E-state index in [1.54, 1.807) is 13.8 Å². The first-order valence-electron chi connectivity index (χ1n) is 6.75. The van der Waals surface area contributed by atoms with Crippen LogP contribution in [0.1, 0.15) is 37.2 Å². The second kappa shape index (κ2) is 5.01. The number of rotatable bonds is 3. The molecular weight excluding hydrogens is 258 g/mol. The van der Waals surface area contributed by atoms with Crippen LogP contribution >= 0.6 is 0 Å². The Morgan fingerprint density at radius 1 is 1.50 bits per heavy atom. The first-order chi connectivity index (χ1) is 9.21. The predicted octanol–water partition coefficient (Wildman–Crippen LogP) is 0.205. The zero-order valence-electron chi connectivity index (χ0n) is 12.3. The van der Waals surface area contributed by atoms with Gasteiger partial charge in [0.05, 0.1) is 12.5 Å². The molecule has 1 aromatic heterocycles. The van der Waals surface area contributed by atoms with Crippen molar-refractivity contribution in [2.45, 2.75) is 52.7 Å². The molecule has 0 aliphatic heterocycles. The monoisotopic (exact) mass is 279 g/mol. The van der Waals surface area contributed by atoms with Gasteiger partial charge < -0.3 is 15.4 Å². The summed E-state index contributed by atoms with van der Waals surface area (Å²) in [6, 6.07) is -0.0127. The lowest BCUT2D eigenvalue weighted by molar-refractivity contribution is -0.128. The van der Waals surface area contributed by atoms with Crippen molar-refractivity contribution in [3.8, 4) is 0 Å². The van der Waals surface area contributed by atoms with Gasteiger partial charge in [0.2, 0.25) is 5.91 Å². The number of amides is 1. The summed E-state index contributed by atoms with van der Waals surface area (Å²) >= 11 is 0. The number of aliphatic hydroxyl groups is 1. The van der Waals surface area contributed by atoms with Crippen LogP contribution in [0, 0.1) is 19.3 Å². The molecule has 0 saturated heterocycles. The molecule has 6 nitrogen and oxygen atoms in total. The number of carbonyl (C=O) groups excluding carboxylic acids is 1. The molecule has 0 aromatic carbocycles. The maximum absolute atomic E-state index is 12.1. The first-order valence-corrected chi connectivity index (χ1v) is 6.75. The van der Waals surface area contributed by atoms with Crippen LogP contribution in [0.3, 0.4) is 0 Å². The molecule has 1 amide bonds. The Bertz CT molecular complexity index is 566. The number of aromatic nitrogens is 2. The molecule has 0 radical (unpaired) electrons. The molecule has 2 rings (SSSR count). The standard InChI is InChI=1S/C14H21N3O3/c1-7-9(8(2)16-13(20)15-7)5-12(19)17-10-6-11(18)14(10,3)4/h10-11,18H,5-6H2,1-4H3,(H,17,19)(H,15,16,20). The van der Waals surface area contributed by atoms with Crippen molar-refractivity contribution in [2.75, 3.05) is 0 Å². The van der Waals surface area contributed by atoms with E-state index in [0.717, 1.165) is 5.56 Å². The molecule has 20 heavy (non-hydrogen) atoms. The minimum atomic E-state index is -0.396.